The summed E-state index contributed by atoms with van der Waals surface area (Å²) in [4.78, 5) is 27.4. The van der Waals surface area contributed by atoms with Gasteiger partial charge in [-0.1, -0.05) is 6.07 Å². The second-order valence-corrected chi connectivity index (χ2v) is 8.91. The average molecular weight is 391 g/mol. The number of benzene rings is 1. The lowest BCUT2D eigenvalue weighted by Gasteiger charge is -2.48. The van der Waals surface area contributed by atoms with Gasteiger partial charge in [0.2, 0.25) is 0 Å². The van der Waals surface area contributed by atoms with E-state index >= 15 is 0 Å². The van der Waals surface area contributed by atoms with Crippen LogP contribution in [0.2, 0.25) is 0 Å². The number of Topliss-reactive ketones (excluding diaryl/α,β-unsaturated/α-hetero) is 1. The molecule has 2 bridgehead atoms. The molecule has 28 heavy (non-hydrogen) atoms. The first-order chi connectivity index (χ1) is 13.2. The Hall–Kier alpha value is -2.11. The quantitative estimate of drug-likeness (QED) is 0.758. The first kappa shape index (κ1) is 20.6. The molecule has 0 aromatic heterocycles. The number of fused-ring (bicyclic) bond motifs is 2. The predicted octanol–water partition coefficient (Wildman–Crippen LogP) is 4.51. The van der Waals surface area contributed by atoms with Gasteiger partial charge in [-0.2, -0.15) is 0 Å². The van der Waals surface area contributed by atoms with E-state index in [1.807, 2.05) is 25.7 Å². The number of halogens is 1. The van der Waals surface area contributed by atoms with Crippen molar-refractivity contribution in [2.45, 2.75) is 77.0 Å². The zero-order chi connectivity index (χ0) is 20.5. The highest BCUT2D eigenvalue weighted by atomic mass is 19.1. The van der Waals surface area contributed by atoms with Gasteiger partial charge in [0.1, 0.15) is 11.4 Å². The van der Waals surface area contributed by atoms with Gasteiger partial charge in [-0.05, 0) is 70.6 Å². The molecule has 2 fully saturated rings. The molecule has 2 saturated heterocycles. The summed E-state index contributed by atoms with van der Waals surface area (Å²) in [6, 6.07) is 4.74. The molecule has 3 rings (SSSR count). The molecule has 2 atom stereocenters. The van der Waals surface area contributed by atoms with E-state index in [0.29, 0.717) is 18.4 Å². The predicted molar refractivity (Wildman–Crippen MR) is 104 cm³/mol. The van der Waals surface area contributed by atoms with Gasteiger partial charge in [0.05, 0.1) is 7.11 Å². The van der Waals surface area contributed by atoms with Gasteiger partial charge >= 0.3 is 6.09 Å². The topological polar surface area (TPSA) is 55.8 Å². The molecule has 0 N–H and O–H groups in total. The van der Waals surface area contributed by atoms with Crippen LogP contribution in [0.1, 0.15) is 58.4 Å². The van der Waals surface area contributed by atoms with Crippen molar-refractivity contribution < 1.29 is 23.5 Å². The number of methoxy groups -OCH3 is 1. The number of hydrogen-bond donors (Lipinski definition) is 0. The van der Waals surface area contributed by atoms with E-state index in [1.54, 1.807) is 12.1 Å². The number of ketones is 1. The van der Waals surface area contributed by atoms with Crippen molar-refractivity contribution >= 4 is 11.9 Å². The molecule has 0 spiro atoms. The number of ether oxygens (including phenoxy) is 2. The van der Waals surface area contributed by atoms with Crippen LogP contribution in [-0.4, -0.2) is 41.6 Å². The fourth-order valence-corrected chi connectivity index (χ4v) is 4.42. The molecule has 154 valence electrons. The first-order valence-corrected chi connectivity index (χ1v) is 10.0. The van der Waals surface area contributed by atoms with E-state index in [0.717, 1.165) is 19.3 Å². The second kappa shape index (κ2) is 8.10. The average Bonchev–Trinajstić information content (AvgIpc) is 2.59. The third-order valence-electron chi connectivity index (χ3n) is 5.63. The normalized spacial score (nSPS) is 24.6. The van der Waals surface area contributed by atoms with Crippen molar-refractivity contribution in [1.82, 2.24) is 4.90 Å². The fraction of sp³-hybridized carbons (Fsp3) is 0.636. The number of piperidine rings is 2. The molecule has 2 unspecified atom stereocenters. The third-order valence-corrected chi connectivity index (χ3v) is 5.63. The summed E-state index contributed by atoms with van der Waals surface area (Å²) in [5, 5.41) is 0. The minimum Gasteiger partial charge on any atom is -0.494 e. The molecule has 5 nitrogen and oxygen atoms in total. The molecule has 0 saturated carbocycles. The van der Waals surface area contributed by atoms with Crippen LogP contribution in [0.25, 0.3) is 0 Å². The van der Waals surface area contributed by atoms with Crippen LogP contribution in [0.3, 0.4) is 0 Å². The van der Waals surface area contributed by atoms with Crippen molar-refractivity contribution in [3.05, 3.63) is 29.6 Å². The van der Waals surface area contributed by atoms with E-state index in [4.69, 9.17) is 9.47 Å². The summed E-state index contributed by atoms with van der Waals surface area (Å²) in [5.74, 6) is -0.259. The first-order valence-electron chi connectivity index (χ1n) is 10.0. The van der Waals surface area contributed by atoms with E-state index < -0.39 is 11.4 Å². The molecule has 1 aromatic carbocycles. The molecule has 0 aliphatic carbocycles. The van der Waals surface area contributed by atoms with Gasteiger partial charge in [0.25, 0.3) is 0 Å². The van der Waals surface area contributed by atoms with Crippen molar-refractivity contribution in [3.63, 3.8) is 0 Å². The van der Waals surface area contributed by atoms with Gasteiger partial charge in [0, 0.05) is 24.4 Å². The lowest BCUT2D eigenvalue weighted by molar-refractivity contribution is -0.126. The summed E-state index contributed by atoms with van der Waals surface area (Å²) < 4.78 is 24.4. The summed E-state index contributed by atoms with van der Waals surface area (Å²) in [6.07, 6.45) is 4.12. The molecule has 2 aliphatic heterocycles. The van der Waals surface area contributed by atoms with Crippen molar-refractivity contribution in [2.75, 3.05) is 7.11 Å². The number of carbonyl (C=O) groups excluding carboxylic acids is 2. The van der Waals surface area contributed by atoms with Crippen molar-refractivity contribution in [2.24, 2.45) is 5.92 Å². The second-order valence-electron chi connectivity index (χ2n) is 8.91. The highest BCUT2D eigenvalue weighted by molar-refractivity contribution is 5.84. The van der Waals surface area contributed by atoms with Gasteiger partial charge in [-0.25, -0.2) is 9.18 Å². The SMILES string of the molecule is COc1ccc(CC(=O)C2CC3CCCC(C2)N3C(=O)OC(C)(C)C)cc1F. The van der Waals surface area contributed by atoms with Gasteiger partial charge in [-0.15, -0.1) is 0 Å². The molecule has 6 heteroatoms. The highest BCUT2D eigenvalue weighted by Crippen LogP contribution is 2.38. The number of amides is 1. The Morgan fingerprint density at radius 1 is 1.18 bits per heavy atom. The minimum absolute atomic E-state index is 0.0453. The minimum atomic E-state index is -0.531. The Kier molecular flexibility index (Phi) is 5.96. The standard InChI is InChI=1S/C22H30FNO4/c1-22(2,3)28-21(26)24-16-6-5-7-17(24)13-15(12-16)19(25)11-14-8-9-20(27-4)18(23)10-14/h8-10,15-17H,5-7,11-13H2,1-4H3. The number of hydrogen-bond acceptors (Lipinski definition) is 4. The van der Waals surface area contributed by atoms with Crippen LogP contribution >= 0.6 is 0 Å². The Morgan fingerprint density at radius 3 is 2.36 bits per heavy atom. The Bertz CT molecular complexity index is 729. The number of rotatable bonds is 4. The number of carbonyl (C=O) groups is 2. The summed E-state index contributed by atoms with van der Waals surface area (Å²) in [7, 11) is 1.42. The van der Waals surface area contributed by atoms with Crippen LogP contribution in [0.15, 0.2) is 18.2 Å². The van der Waals surface area contributed by atoms with Gasteiger partial charge in [-0.3, -0.25) is 4.79 Å². The van der Waals surface area contributed by atoms with Crippen LogP contribution in [-0.2, 0) is 16.0 Å². The van der Waals surface area contributed by atoms with E-state index in [2.05, 4.69) is 0 Å². The summed E-state index contributed by atoms with van der Waals surface area (Å²) in [5.41, 5.74) is 0.124. The molecule has 2 aliphatic rings. The number of nitrogens with zero attached hydrogens (tertiary/aromatic N) is 1. The van der Waals surface area contributed by atoms with Crippen LogP contribution in [0, 0.1) is 11.7 Å². The molecular weight excluding hydrogens is 361 g/mol. The fourth-order valence-electron chi connectivity index (χ4n) is 4.42. The highest BCUT2D eigenvalue weighted by Gasteiger charge is 2.44. The van der Waals surface area contributed by atoms with E-state index in [-0.39, 0.29) is 42.0 Å². The van der Waals surface area contributed by atoms with Crippen LogP contribution in [0.5, 0.6) is 5.75 Å². The Labute approximate surface area is 166 Å². The smallest absolute Gasteiger partial charge is 0.410 e. The maximum atomic E-state index is 13.9. The molecule has 1 amide bonds. The Balaban J connectivity index is 1.67. The lowest BCUT2D eigenvalue weighted by atomic mass is 9.76. The van der Waals surface area contributed by atoms with Gasteiger partial charge < -0.3 is 14.4 Å². The summed E-state index contributed by atoms with van der Waals surface area (Å²) in [6.45, 7) is 5.60. The Morgan fingerprint density at radius 2 is 1.82 bits per heavy atom. The van der Waals surface area contributed by atoms with Crippen molar-refractivity contribution in [1.29, 1.82) is 0 Å². The zero-order valence-electron chi connectivity index (χ0n) is 17.2. The van der Waals surface area contributed by atoms with E-state index in [1.165, 1.54) is 13.2 Å². The molecule has 1 aromatic rings. The molecule has 2 heterocycles. The van der Waals surface area contributed by atoms with Crippen molar-refractivity contribution in [3.8, 4) is 5.75 Å². The van der Waals surface area contributed by atoms with Gasteiger partial charge in [0.15, 0.2) is 11.6 Å². The third kappa shape index (κ3) is 4.65. The maximum absolute atomic E-state index is 13.9. The largest absolute Gasteiger partial charge is 0.494 e. The lowest BCUT2D eigenvalue weighted by Crippen LogP contribution is -2.56. The van der Waals surface area contributed by atoms with E-state index in [9.17, 15) is 14.0 Å². The summed E-state index contributed by atoms with van der Waals surface area (Å²) >= 11 is 0. The zero-order valence-corrected chi connectivity index (χ0v) is 17.2. The maximum Gasteiger partial charge on any atom is 0.410 e. The van der Waals surface area contributed by atoms with Crippen LogP contribution in [0.4, 0.5) is 9.18 Å². The molecule has 0 radical (unpaired) electrons. The molecular formula is C22H30FNO4. The van der Waals surface area contributed by atoms with Crippen LogP contribution < -0.4 is 4.74 Å². The monoisotopic (exact) mass is 391 g/mol.